The minimum absolute atomic E-state index is 0.00398. The lowest BCUT2D eigenvalue weighted by Gasteiger charge is -2.41. The number of hydrogen-bond acceptors (Lipinski definition) is 9. The second-order valence-corrected chi connectivity index (χ2v) is 18.2. The molecule has 0 radical (unpaired) electrons. The van der Waals surface area contributed by atoms with Crippen LogP contribution in [0.2, 0.25) is 0 Å². The van der Waals surface area contributed by atoms with Crippen molar-refractivity contribution in [2.45, 2.75) is 87.8 Å². The van der Waals surface area contributed by atoms with Crippen LogP contribution >= 0.6 is 31.1 Å². The van der Waals surface area contributed by atoms with Gasteiger partial charge in [-0.15, -0.1) is 11.8 Å². The van der Waals surface area contributed by atoms with E-state index in [1.807, 2.05) is 38.1 Å². The van der Waals surface area contributed by atoms with E-state index in [-0.39, 0.29) is 42.3 Å². The Morgan fingerprint density at radius 3 is 2.41 bits per heavy atom. The molecule has 1 aliphatic heterocycles. The monoisotopic (exact) mass is 670 g/mol. The van der Waals surface area contributed by atoms with Gasteiger partial charge in [0.2, 0.25) is 5.91 Å². The highest BCUT2D eigenvalue weighted by molar-refractivity contribution is 8.25. The van der Waals surface area contributed by atoms with E-state index in [0.717, 1.165) is 41.7 Å². The van der Waals surface area contributed by atoms with E-state index in [1.165, 1.54) is 18.7 Å². The summed E-state index contributed by atoms with van der Waals surface area (Å²) in [4.78, 5) is 24.9. The van der Waals surface area contributed by atoms with Gasteiger partial charge in [-0.05, 0) is 74.1 Å². The molecule has 2 N–H and O–H groups in total. The van der Waals surface area contributed by atoms with E-state index in [2.05, 4.69) is 37.5 Å². The summed E-state index contributed by atoms with van der Waals surface area (Å²) in [5, 5.41) is 5.92. The average Bonchev–Trinajstić information content (AvgIpc) is 3.53. The first-order chi connectivity index (χ1) is 20.9. The highest BCUT2D eigenvalue weighted by atomic mass is 32.2. The quantitative estimate of drug-likeness (QED) is 0.0873. The number of methoxy groups -OCH3 is 1. The van der Waals surface area contributed by atoms with E-state index in [9.17, 15) is 14.2 Å². The SMILES string of the molecule is CCOP(=O)(OCC)C1(Sc2ccc(COC)cc2)SC2C=C(COC(=O)NCC(C)(C)CC(C)CCCNC(C)=O)C1C2. The fourth-order valence-electron chi connectivity index (χ4n) is 6.02. The summed E-state index contributed by atoms with van der Waals surface area (Å²) < 4.78 is 36.6. The van der Waals surface area contributed by atoms with Crippen molar-refractivity contribution >= 4 is 43.1 Å². The summed E-state index contributed by atoms with van der Waals surface area (Å²) in [7, 11) is -1.93. The van der Waals surface area contributed by atoms with Crippen LogP contribution in [0.5, 0.6) is 0 Å². The molecule has 0 spiro atoms. The van der Waals surface area contributed by atoms with E-state index >= 15 is 0 Å². The van der Waals surface area contributed by atoms with Crippen molar-refractivity contribution in [1.82, 2.24) is 10.6 Å². The van der Waals surface area contributed by atoms with Gasteiger partial charge in [0, 0.05) is 43.2 Å². The van der Waals surface area contributed by atoms with Crippen LogP contribution in [0.3, 0.4) is 0 Å². The van der Waals surface area contributed by atoms with Crippen LogP contribution in [0.1, 0.15) is 72.8 Å². The maximum Gasteiger partial charge on any atom is 0.407 e. The Labute approximate surface area is 272 Å². The molecule has 1 fully saturated rings. The molecule has 0 aromatic heterocycles. The molecule has 44 heavy (non-hydrogen) atoms. The molecule has 1 saturated heterocycles. The lowest BCUT2D eigenvalue weighted by molar-refractivity contribution is -0.118. The third-order valence-electron chi connectivity index (χ3n) is 7.78. The summed E-state index contributed by atoms with van der Waals surface area (Å²) in [6, 6.07) is 8.08. The minimum atomic E-state index is -3.60. The van der Waals surface area contributed by atoms with Crippen molar-refractivity contribution < 1.29 is 32.7 Å². The van der Waals surface area contributed by atoms with E-state index in [1.54, 1.807) is 18.9 Å². The number of rotatable bonds is 19. The van der Waals surface area contributed by atoms with Crippen molar-refractivity contribution in [3.8, 4) is 0 Å². The number of thioether (sulfide) groups is 2. The van der Waals surface area contributed by atoms with Gasteiger partial charge >= 0.3 is 13.7 Å². The van der Waals surface area contributed by atoms with Gasteiger partial charge in [-0.25, -0.2) is 4.79 Å². The summed E-state index contributed by atoms with van der Waals surface area (Å²) in [5.74, 6) is 0.310. The maximum atomic E-state index is 14.5. The molecular formula is C32H51N2O7PS2. The predicted molar refractivity (Wildman–Crippen MR) is 179 cm³/mol. The zero-order valence-corrected chi connectivity index (χ0v) is 29.8. The number of benzene rings is 1. The molecule has 9 nitrogen and oxygen atoms in total. The maximum absolute atomic E-state index is 14.5. The third kappa shape index (κ3) is 10.0. The number of nitrogens with one attached hydrogen (secondary N) is 2. The van der Waals surface area contributed by atoms with Crippen LogP contribution < -0.4 is 10.6 Å². The van der Waals surface area contributed by atoms with Crippen LogP contribution in [-0.2, 0) is 34.5 Å². The highest BCUT2D eigenvalue weighted by Gasteiger charge is 2.65. The Morgan fingerprint density at radius 2 is 1.82 bits per heavy atom. The predicted octanol–water partition coefficient (Wildman–Crippen LogP) is 7.60. The number of fused-ring (bicyclic) bond motifs is 2. The van der Waals surface area contributed by atoms with Crippen molar-refractivity contribution in [2.24, 2.45) is 17.3 Å². The molecule has 1 heterocycles. The lowest BCUT2D eigenvalue weighted by Crippen LogP contribution is -2.36. The first-order valence-electron chi connectivity index (χ1n) is 15.6. The molecule has 4 unspecified atom stereocenters. The van der Waals surface area contributed by atoms with E-state index in [0.29, 0.717) is 25.6 Å². The molecule has 248 valence electrons. The standard InChI is InChI=1S/C32H51N2O7PS2/c1-8-40-42(37,41-9-2)32(43-27-14-12-25(13-15-27)20-38-7)29-18-28(44-32)17-26(29)21-39-30(36)34-22-31(5,6)19-23(3)11-10-16-33-24(4)35/h12-15,17,23,28-29H,8-11,16,18-22H2,1-7H3,(H,33,35)(H,34,36). The topological polar surface area (TPSA) is 112 Å². The normalized spacial score (nSPS) is 22.0. The lowest BCUT2D eigenvalue weighted by atomic mass is 9.82. The van der Waals surface area contributed by atoms with Crippen LogP contribution in [0.25, 0.3) is 0 Å². The fraction of sp³-hybridized carbons (Fsp3) is 0.688. The second kappa shape index (κ2) is 16.9. The van der Waals surface area contributed by atoms with Crippen molar-refractivity contribution in [3.63, 3.8) is 0 Å². The smallest absolute Gasteiger partial charge is 0.407 e. The van der Waals surface area contributed by atoms with Gasteiger partial charge in [-0.3, -0.25) is 9.36 Å². The number of hydrogen-bond donors (Lipinski definition) is 2. The van der Waals surface area contributed by atoms with Gasteiger partial charge in [0.15, 0.2) is 3.82 Å². The van der Waals surface area contributed by atoms with Gasteiger partial charge in [0.25, 0.3) is 0 Å². The number of carbonyl (C=O) groups excluding carboxylic acids is 2. The second-order valence-electron chi connectivity index (χ2n) is 12.4. The zero-order chi connectivity index (χ0) is 32.4. The van der Waals surface area contributed by atoms with Crippen molar-refractivity contribution in [3.05, 3.63) is 41.5 Å². The largest absolute Gasteiger partial charge is 0.445 e. The van der Waals surface area contributed by atoms with E-state index < -0.39 is 17.5 Å². The molecule has 2 amide bonds. The third-order valence-corrected chi connectivity index (χ3v) is 14.9. The summed E-state index contributed by atoms with van der Waals surface area (Å²) >= 11 is 3.17. The number of ether oxygens (including phenoxy) is 2. The van der Waals surface area contributed by atoms with Crippen molar-refractivity contribution in [1.29, 1.82) is 0 Å². The first-order valence-corrected chi connectivity index (χ1v) is 18.8. The molecule has 2 aliphatic rings. The van der Waals surface area contributed by atoms with Gasteiger partial charge < -0.3 is 29.2 Å². The molecule has 0 saturated carbocycles. The van der Waals surface area contributed by atoms with Crippen LogP contribution in [0, 0.1) is 17.3 Å². The molecule has 2 bridgehead atoms. The Bertz CT molecular complexity index is 1170. The van der Waals surface area contributed by atoms with Gasteiger partial charge in [-0.2, -0.15) is 0 Å². The summed E-state index contributed by atoms with van der Waals surface area (Å²) in [6.45, 7) is 14.0. The van der Waals surface area contributed by atoms with Gasteiger partial charge in [0.1, 0.15) is 6.61 Å². The van der Waals surface area contributed by atoms with E-state index in [4.69, 9.17) is 18.5 Å². The summed E-state index contributed by atoms with van der Waals surface area (Å²) in [5.41, 5.74) is 1.91. The molecule has 3 rings (SSSR count). The number of alkyl carbamates (subject to hydrolysis) is 1. The molecule has 1 aliphatic carbocycles. The zero-order valence-electron chi connectivity index (χ0n) is 27.3. The average molecular weight is 671 g/mol. The number of amides is 2. The highest BCUT2D eigenvalue weighted by Crippen LogP contribution is 2.80. The Balaban J connectivity index is 1.64. The Kier molecular flexibility index (Phi) is 14.2. The van der Waals surface area contributed by atoms with Gasteiger partial charge in [-0.1, -0.05) is 50.7 Å². The molecule has 4 atom stereocenters. The van der Waals surface area contributed by atoms with Gasteiger partial charge in [0.05, 0.1) is 19.8 Å². The van der Waals surface area contributed by atoms with Crippen LogP contribution in [0.4, 0.5) is 4.79 Å². The Morgan fingerprint density at radius 1 is 1.14 bits per heavy atom. The first kappa shape index (κ1) is 37.0. The molecule has 1 aromatic carbocycles. The molecule has 1 aromatic rings. The Hall–Kier alpha value is -1.49. The fourth-order valence-corrected chi connectivity index (χ4v) is 13.3. The molecular weight excluding hydrogens is 619 g/mol. The number of carbonyl (C=O) groups is 2. The van der Waals surface area contributed by atoms with Crippen molar-refractivity contribution in [2.75, 3.05) is 40.0 Å². The minimum Gasteiger partial charge on any atom is -0.445 e. The van der Waals surface area contributed by atoms with Crippen LogP contribution in [-0.4, -0.2) is 61.1 Å². The van der Waals surface area contributed by atoms with Crippen LogP contribution in [0.15, 0.2) is 40.8 Å². The molecule has 12 heteroatoms. The summed E-state index contributed by atoms with van der Waals surface area (Å²) in [6.07, 6.45) is 5.36.